The van der Waals surface area contributed by atoms with Gasteiger partial charge in [-0.05, 0) is 42.5 Å². The van der Waals surface area contributed by atoms with E-state index in [4.69, 9.17) is 9.47 Å². The molecule has 1 aromatic rings. The van der Waals surface area contributed by atoms with Crippen molar-refractivity contribution < 1.29 is 17.9 Å². The molecular formula is C20H32N2O4S. The second-order valence-corrected chi connectivity index (χ2v) is 10.3. The molecule has 0 bridgehead atoms. The molecule has 27 heavy (non-hydrogen) atoms. The Labute approximate surface area is 163 Å². The minimum Gasteiger partial charge on any atom is -0.376 e. The van der Waals surface area contributed by atoms with E-state index in [1.807, 2.05) is 12.1 Å². The molecule has 3 rings (SSSR count). The van der Waals surface area contributed by atoms with E-state index in [0.29, 0.717) is 37.8 Å². The number of nitrogens with one attached hydrogen (secondary N) is 1. The van der Waals surface area contributed by atoms with E-state index < -0.39 is 10.0 Å². The van der Waals surface area contributed by atoms with Crippen molar-refractivity contribution in [2.24, 2.45) is 0 Å². The number of hydrogen-bond donors (Lipinski definition) is 1. The van der Waals surface area contributed by atoms with E-state index in [1.54, 1.807) is 16.4 Å². The number of ether oxygens (including phenoxy) is 2. The first-order valence-electron chi connectivity index (χ1n) is 9.81. The molecule has 1 aromatic carbocycles. The number of nitrogens with zero attached hydrogens (tertiary/aromatic N) is 1. The van der Waals surface area contributed by atoms with Crippen LogP contribution in [0.2, 0.25) is 0 Å². The lowest BCUT2D eigenvalue weighted by Crippen LogP contribution is -2.52. The third-order valence-electron chi connectivity index (χ3n) is 5.27. The molecule has 0 aromatic heterocycles. The third kappa shape index (κ3) is 5.09. The predicted molar refractivity (Wildman–Crippen MR) is 105 cm³/mol. The fourth-order valence-electron chi connectivity index (χ4n) is 3.63. The van der Waals surface area contributed by atoms with Crippen molar-refractivity contribution in [3.05, 3.63) is 29.8 Å². The summed E-state index contributed by atoms with van der Waals surface area (Å²) in [6, 6.07) is 7.25. The van der Waals surface area contributed by atoms with E-state index >= 15 is 0 Å². The summed E-state index contributed by atoms with van der Waals surface area (Å²) in [4.78, 5) is 0.345. The summed E-state index contributed by atoms with van der Waals surface area (Å²) < 4.78 is 39.8. The molecule has 0 aliphatic carbocycles. The molecule has 2 atom stereocenters. The number of rotatable bonds is 5. The van der Waals surface area contributed by atoms with Crippen molar-refractivity contribution in [1.29, 1.82) is 0 Å². The topological polar surface area (TPSA) is 67.9 Å². The van der Waals surface area contributed by atoms with E-state index in [2.05, 4.69) is 26.1 Å². The maximum Gasteiger partial charge on any atom is 0.243 e. The van der Waals surface area contributed by atoms with Crippen molar-refractivity contribution in [3.63, 3.8) is 0 Å². The molecule has 2 unspecified atom stereocenters. The zero-order valence-electron chi connectivity index (χ0n) is 16.6. The van der Waals surface area contributed by atoms with Crippen LogP contribution in [-0.2, 0) is 24.9 Å². The van der Waals surface area contributed by atoms with Crippen LogP contribution in [0.15, 0.2) is 29.2 Å². The fourth-order valence-corrected chi connectivity index (χ4v) is 5.31. The summed E-state index contributed by atoms with van der Waals surface area (Å²) in [7, 11) is -3.60. The van der Waals surface area contributed by atoms with Gasteiger partial charge in [-0.25, -0.2) is 8.42 Å². The van der Waals surface area contributed by atoms with E-state index in [9.17, 15) is 8.42 Å². The lowest BCUT2D eigenvalue weighted by atomic mass is 9.87. The Morgan fingerprint density at radius 2 is 1.93 bits per heavy atom. The highest BCUT2D eigenvalue weighted by Crippen LogP contribution is 2.27. The highest BCUT2D eigenvalue weighted by molar-refractivity contribution is 7.89. The van der Waals surface area contributed by atoms with Crippen LogP contribution in [0.3, 0.4) is 0 Å². The van der Waals surface area contributed by atoms with Crippen LogP contribution in [0.5, 0.6) is 0 Å². The Morgan fingerprint density at radius 3 is 2.48 bits per heavy atom. The molecule has 0 spiro atoms. The predicted octanol–water partition coefficient (Wildman–Crippen LogP) is 2.14. The van der Waals surface area contributed by atoms with Gasteiger partial charge < -0.3 is 14.8 Å². The van der Waals surface area contributed by atoms with Gasteiger partial charge in [-0.3, -0.25) is 0 Å². The standard InChI is InChI=1S/C20H32N2O4S/c1-20(2,3)16-6-8-19(9-7-16)27(23,24)22(17-5-4-10-21-13-17)14-18-15-25-11-12-26-18/h6-9,17-18,21H,4-5,10-15H2,1-3H3. The molecule has 2 heterocycles. The molecule has 1 N–H and O–H groups in total. The largest absolute Gasteiger partial charge is 0.376 e. The second-order valence-electron chi connectivity index (χ2n) is 8.42. The van der Waals surface area contributed by atoms with Crippen LogP contribution < -0.4 is 5.32 Å². The van der Waals surface area contributed by atoms with Crippen LogP contribution >= 0.6 is 0 Å². The van der Waals surface area contributed by atoms with Crippen LogP contribution in [0.1, 0.15) is 39.2 Å². The summed E-state index contributed by atoms with van der Waals surface area (Å²) in [6.07, 6.45) is 1.62. The maximum absolute atomic E-state index is 13.5. The SMILES string of the molecule is CC(C)(C)c1ccc(S(=O)(=O)N(CC2COCCO2)C2CCCNC2)cc1. The maximum atomic E-state index is 13.5. The van der Waals surface area contributed by atoms with Gasteiger partial charge >= 0.3 is 0 Å². The number of hydrogen-bond acceptors (Lipinski definition) is 5. The lowest BCUT2D eigenvalue weighted by molar-refractivity contribution is -0.0940. The minimum absolute atomic E-state index is 0.0114. The van der Waals surface area contributed by atoms with E-state index in [-0.39, 0.29) is 17.6 Å². The fraction of sp³-hybridized carbons (Fsp3) is 0.700. The van der Waals surface area contributed by atoms with Gasteiger partial charge in [0, 0.05) is 19.1 Å². The number of sulfonamides is 1. The molecule has 0 saturated carbocycles. The second kappa shape index (κ2) is 8.57. The van der Waals surface area contributed by atoms with Gasteiger partial charge in [0.1, 0.15) is 0 Å². The summed E-state index contributed by atoms with van der Waals surface area (Å²) in [5, 5.41) is 3.33. The highest BCUT2D eigenvalue weighted by atomic mass is 32.2. The van der Waals surface area contributed by atoms with Crippen molar-refractivity contribution in [3.8, 4) is 0 Å². The van der Waals surface area contributed by atoms with Crippen molar-refractivity contribution in [2.45, 2.75) is 56.1 Å². The monoisotopic (exact) mass is 396 g/mol. The molecule has 2 saturated heterocycles. The molecule has 2 fully saturated rings. The summed E-state index contributed by atoms with van der Waals surface area (Å²) in [6.45, 7) is 9.83. The molecule has 2 aliphatic rings. The first-order chi connectivity index (χ1) is 12.8. The van der Waals surface area contributed by atoms with Crippen LogP contribution in [0, 0.1) is 0 Å². The smallest absolute Gasteiger partial charge is 0.243 e. The van der Waals surface area contributed by atoms with E-state index in [1.165, 1.54) is 0 Å². The van der Waals surface area contributed by atoms with Crippen molar-refractivity contribution >= 4 is 10.0 Å². The molecule has 7 heteroatoms. The Kier molecular flexibility index (Phi) is 6.58. The van der Waals surface area contributed by atoms with Crippen LogP contribution in [0.25, 0.3) is 0 Å². The molecule has 2 aliphatic heterocycles. The summed E-state index contributed by atoms with van der Waals surface area (Å²) >= 11 is 0. The summed E-state index contributed by atoms with van der Waals surface area (Å²) in [5.41, 5.74) is 1.11. The lowest BCUT2D eigenvalue weighted by Gasteiger charge is -2.36. The van der Waals surface area contributed by atoms with Gasteiger partial charge in [-0.15, -0.1) is 0 Å². The van der Waals surface area contributed by atoms with Crippen molar-refractivity contribution in [2.75, 3.05) is 39.5 Å². The zero-order chi connectivity index (χ0) is 19.5. The Balaban J connectivity index is 1.86. The Morgan fingerprint density at radius 1 is 1.19 bits per heavy atom. The van der Waals surface area contributed by atoms with Gasteiger partial charge in [-0.2, -0.15) is 4.31 Å². The third-order valence-corrected chi connectivity index (χ3v) is 7.21. The van der Waals surface area contributed by atoms with Crippen LogP contribution in [-0.4, -0.2) is 64.3 Å². The normalized spacial score (nSPS) is 24.9. The average molecular weight is 397 g/mol. The minimum atomic E-state index is -3.60. The van der Waals surface area contributed by atoms with Gasteiger partial charge in [0.15, 0.2) is 0 Å². The zero-order valence-corrected chi connectivity index (χ0v) is 17.4. The molecule has 6 nitrogen and oxygen atoms in total. The van der Waals surface area contributed by atoms with E-state index in [0.717, 1.165) is 24.9 Å². The summed E-state index contributed by atoms with van der Waals surface area (Å²) in [5.74, 6) is 0. The Bertz CT molecular complexity index is 700. The highest BCUT2D eigenvalue weighted by Gasteiger charge is 2.35. The number of piperidine rings is 1. The van der Waals surface area contributed by atoms with Crippen LogP contribution in [0.4, 0.5) is 0 Å². The van der Waals surface area contributed by atoms with Gasteiger partial charge in [-0.1, -0.05) is 32.9 Å². The van der Waals surface area contributed by atoms with Gasteiger partial charge in [0.25, 0.3) is 0 Å². The quantitative estimate of drug-likeness (QED) is 0.826. The Hall–Kier alpha value is -0.990. The molecular weight excluding hydrogens is 364 g/mol. The molecule has 0 amide bonds. The first kappa shape index (κ1) is 20.7. The molecule has 152 valence electrons. The van der Waals surface area contributed by atoms with Gasteiger partial charge in [0.2, 0.25) is 10.0 Å². The molecule has 0 radical (unpaired) electrons. The first-order valence-corrected chi connectivity index (χ1v) is 11.2. The number of benzene rings is 1. The average Bonchev–Trinajstić information content (AvgIpc) is 2.67. The van der Waals surface area contributed by atoms with Crippen molar-refractivity contribution in [1.82, 2.24) is 9.62 Å². The van der Waals surface area contributed by atoms with Gasteiger partial charge in [0.05, 0.1) is 30.8 Å².